The van der Waals surface area contributed by atoms with E-state index >= 15 is 0 Å². The molecular weight excluding hydrogens is 320 g/mol. The van der Waals surface area contributed by atoms with Gasteiger partial charge in [-0.25, -0.2) is 0 Å². The number of likely N-dealkylation sites (tertiary alicyclic amines) is 1. The van der Waals surface area contributed by atoms with Gasteiger partial charge in [-0.15, -0.1) is 0 Å². The number of pyridine rings is 1. The van der Waals surface area contributed by atoms with Crippen LogP contribution >= 0.6 is 0 Å². The van der Waals surface area contributed by atoms with Gasteiger partial charge in [0.25, 0.3) is 5.91 Å². The number of benzene rings is 1. The lowest BCUT2D eigenvalue weighted by molar-refractivity contribution is -0.122. The van der Waals surface area contributed by atoms with E-state index < -0.39 is 0 Å². The van der Waals surface area contributed by atoms with E-state index in [1.165, 1.54) is 18.3 Å². The Balaban J connectivity index is 1.77. The average Bonchev–Trinajstić information content (AvgIpc) is 3.05. The number of rotatable bonds is 5. The minimum atomic E-state index is -0.313. The lowest BCUT2D eigenvalue weighted by atomic mass is 10.1. The summed E-state index contributed by atoms with van der Waals surface area (Å²) in [7, 11) is 0. The number of hydrogen-bond acceptors (Lipinski definition) is 4. The van der Waals surface area contributed by atoms with Crippen LogP contribution in [0.5, 0.6) is 0 Å². The van der Waals surface area contributed by atoms with Crippen molar-refractivity contribution >= 4 is 17.5 Å². The molecule has 1 aromatic carbocycles. The Morgan fingerprint density at radius 3 is 2.76 bits per heavy atom. The first kappa shape index (κ1) is 16.9. The molecule has 0 saturated carbocycles. The number of anilines is 1. The highest BCUT2D eigenvalue weighted by atomic mass is 16.2. The summed E-state index contributed by atoms with van der Waals surface area (Å²) in [6.45, 7) is 1.34. The Hall–Kier alpha value is -2.93. The monoisotopic (exact) mass is 340 g/mol. The second-order valence-corrected chi connectivity index (χ2v) is 6.08. The van der Waals surface area contributed by atoms with Gasteiger partial charge in [0.05, 0.1) is 11.6 Å². The molecule has 0 bridgehead atoms. The fourth-order valence-electron chi connectivity index (χ4n) is 3.08. The molecule has 4 N–H and O–H groups in total. The molecule has 1 aromatic heterocycles. The van der Waals surface area contributed by atoms with Crippen molar-refractivity contribution in [2.75, 3.05) is 11.9 Å². The van der Waals surface area contributed by atoms with E-state index in [2.05, 4.69) is 10.3 Å². The number of hydrogen-bond donors (Lipinski definition) is 3. The van der Waals surface area contributed by atoms with E-state index in [0.29, 0.717) is 17.8 Å². The third-order valence-corrected chi connectivity index (χ3v) is 4.38. The van der Waals surface area contributed by atoms with Gasteiger partial charge in [0, 0.05) is 24.5 Å². The first-order valence-corrected chi connectivity index (χ1v) is 8.16. The van der Waals surface area contributed by atoms with Crippen LogP contribution in [0, 0.1) is 0 Å². The quantitative estimate of drug-likeness (QED) is 0.756. The molecule has 1 saturated heterocycles. The van der Waals surface area contributed by atoms with Crippen LogP contribution in [0.4, 0.5) is 5.69 Å². The fraction of sp³-hybridized carbons (Fsp3) is 0.278. The van der Waals surface area contributed by atoms with E-state index in [9.17, 15) is 14.4 Å². The molecule has 7 heteroatoms. The average molecular weight is 340 g/mol. The molecule has 2 aromatic rings. The Kier molecular flexibility index (Phi) is 4.95. The van der Waals surface area contributed by atoms with Crippen LogP contribution in [0.3, 0.4) is 0 Å². The van der Waals surface area contributed by atoms with Crippen molar-refractivity contribution < 1.29 is 9.59 Å². The second kappa shape index (κ2) is 7.31. The number of primary amides is 1. The Labute approximate surface area is 144 Å². The molecule has 0 aliphatic carbocycles. The largest absolute Gasteiger partial charge is 0.368 e. The molecule has 7 nitrogen and oxygen atoms in total. The summed E-state index contributed by atoms with van der Waals surface area (Å²) in [4.78, 5) is 39.5. The highest BCUT2D eigenvalue weighted by Crippen LogP contribution is 2.24. The SMILES string of the molecule is NC(=O)C1CCCN1Cc1ccccc1NC(=O)c1ccc(=O)[nH]c1. The van der Waals surface area contributed by atoms with Crippen molar-refractivity contribution in [3.63, 3.8) is 0 Å². The minimum absolute atomic E-state index is 0.261. The molecule has 1 aliphatic heterocycles. The van der Waals surface area contributed by atoms with Crippen LogP contribution in [0.15, 0.2) is 47.4 Å². The topological polar surface area (TPSA) is 108 Å². The highest BCUT2D eigenvalue weighted by Gasteiger charge is 2.29. The van der Waals surface area contributed by atoms with Crippen LogP contribution in [0.1, 0.15) is 28.8 Å². The number of amides is 2. The predicted octanol–water partition coefficient (Wildman–Crippen LogP) is 1.08. The molecule has 0 spiro atoms. The second-order valence-electron chi connectivity index (χ2n) is 6.08. The predicted molar refractivity (Wildman–Crippen MR) is 94.1 cm³/mol. The van der Waals surface area contributed by atoms with Gasteiger partial charge in [-0.2, -0.15) is 0 Å². The summed E-state index contributed by atoms with van der Waals surface area (Å²) in [6.07, 6.45) is 3.07. The zero-order chi connectivity index (χ0) is 17.8. The van der Waals surface area contributed by atoms with Crippen molar-refractivity contribution in [3.8, 4) is 0 Å². The van der Waals surface area contributed by atoms with Crippen LogP contribution in [-0.2, 0) is 11.3 Å². The summed E-state index contributed by atoms with van der Waals surface area (Å²) in [5, 5.41) is 2.86. The molecule has 130 valence electrons. The normalized spacial score (nSPS) is 17.4. The van der Waals surface area contributed by atoms with Crippen molar-refractivity contribution in [3.05, 3.63) is 64.1 Å². The Morgan fingerprint density at radius 1 is 1.24 bits per heavy atom. The fourth-order valence-corrected chi connectivity index (χ4v) is 3.08. The summed E-state index contributed by atoms with van der Waals surface area (Å²) < 4.78 is 0. The molecule has 3 rings (SSSR count). The van der Waals surface area contributed by atoms with Crippen molar-refractivity contribution in [1.29, 1.82) is 0 Å². The number of carbonyl (C=O) groups is 2. The van der Waals surface area contributed by atoms with Crippen molar-refractivity contribution in [2.45, 2.75) is 25.4 Å². The summed E-state index contributed by atoms with van der Waals surface area (Å²) >= 11 is 0. The maximum absolute atomic E-state index is 12.4. The lowest BCUT2D eigenvalue weighted by Crippen LogP contribution is -2.39. The number of aromatic nitrogens is 1. The van der Waals surface area contributed by atoms with E-state index in [1.807, 2.05) is 29.2 Å². The molecule has 25 heavy (non-hydrogen) atoms. The van der Waals surface area contributed by atoms with E-state index in [1.54, 1.807) is 0 Å². The van der Waals surface area contributed by atoms with Gasteiger partial charge < -0.3 is 16.0 Å². The molecule has 1 unspecified atom stereocenters. The van der Waals surface area contributed by atoms with Gasteiger partial charge in [-0.05, 0) is 37.1 Å². The van der Waals surface area contributed by atoms with E-state index in [4.69, 9.17) is 5.73 Å². The smallest absolute Gasteiger partial charge is 0.257 e. The molecule has 1 atom stereocenters. The molecular formula is C18H20N4O3. The van der Waals surface area contributed by atoms with Crippen LogP contribution in [0.25, 0.3) is 0 Å². The number of nitrogens with one attached hydrogen (secondary N) is 2. The van der Waals surface area contributed by atoms with E-state index in [-0.39, 0.29) is 23.4 Å². The molecule has 1 aliphatic rings. The maximum Gasteiger partial charge on any atom is 0.257 e. The van der Waals surface area contributed by atoms with Gasteiger partial charge >= 0.3 is 0 Å². The first-order valence-electron chi connectivity index (χ1n) is 8.16. The van der Waals surface area contributed by atoms with Crippen molar-refractivity contribution in [2.24, 2.45) is 5.73 Å². The number of H-pyrrole nitrogens is 1. The standard InChI is InChI=1S/C18H20N4O3/c19-17(24)15-6-3-9-22(15)11-13-4-1-2-5-14(13)21-18(25)12-7-8-16(23)20-10-12/h1-2,4-5,7-8,10,15H,3,6,9,11H2,(H2,19,24)(H,20,23)(H,21,25). The van der Waals surface area contributed by atoms with Gasteiger partial charge in [-0.3, -0.25) is 19.3 Å². The number of para-hydroxylation sites is 1. The third kappa shape index (κ3) is 3.95. The minimum Gasteiger partial charge on any atom is -0.368 e. The Morgan fingerprint density at radius 2 is 2.04 bits per heavy atom. The zero-order valence-electron chi connectivity index (χ0n) is 13.7. The highest BCUT2D eigenvalue weighted by molar-refractivity contribution is 6.04. The maximum atomic E-state index is 12.4. The summed E-state index contributed by atoms with van der Waals surface area (Å²) in [5.74, 6) is -0.621. The molecule has 1 fully saturated rings. The molecule has 2 heterocycles. The third-order valence-electron chi connectivity index (χ3n) is 4.38. The number of nitrogens with zero attached hydrogens (tertiary/aromatic N) is 1. The number of nitrogens with two attached hydrogens (primary N) is 1. The zero-order valence-corrected chi connectivity index (χ0v) is 13.7. The molecule has 2 amide bonds. The summed E-state index contributed by atoms with van der Waals surface area (Å²) in [6, 6.07) is 9.97. The Bertz CT molecular complexity index is 826. The van der Waals surface area contributed by atoms with E-state index in [0.717, 1.165) is 24.9 Å². The first-order chi connectivity index (χ1) is 12.0. The summed E-state index contributed by atoms with van der Waals surface area (Å²) in [5.41, 5.74) is 7.16. The van der Waals surface area contributed by atoms with Gasteiger partial charge in [0.2, 0.25) is 11.5 Å². The van der Waals surface area contributed by atoms with Crippen molar-refractivity contribution in [1.82, 2.24) is 9.88 Å². The van der Waals surface area contributed by atoms with Gasteiger partial charge in [0.1, 0.15) is 0 Å². The number of aromatic amines is 1. The molecule has 0 radical (unpaired) electrons. The van der Waals surface area contributed by atoms with Gasteiger partial charge in [0.15, 0.2) is 0 Å². The van der Waals surface area contributed by atoms with Crippen LogP contribution in [-0.4, -0.2) is 34.3 Å². The van der Waals surface area contributed by atoms with Gasteiger partial charge in [-0.1, -0.05) is 18.2 Å². The van der Waals surface area contributed by atoms with Crippen LogP contribution < -0.4 is 16.6 Å². The van der Waals surface area contributed by atoms with Crippen LogP contribution in [0.2, 0.25) is 0 Å². The lowest BCUT2D eigenvalue weighted by Gasteiger charge is -2.23. The number of carbonyl (C=O) groups excluding carboxylic acids is 2.